The summed E-state index contributed by atoms with van der Waals surface area (Å²) in [5.41, 5.74) is 5.54. The normalized spacial score (nSPS) is 22.0. The molecule has 15 heteroatoms. The van der Waals surface area contributed by atoms with Crippen molar-refractivity contribution in [1.29, 1.82) is 0 Å². The Balaban J connectivity index is 0.797. The number of nitrogens with zero attached hydrogens (tertiary/aromatic N) is 7. The Hall–Kier alpha value is -5.83. The van der Waals surface area contributed by atoms with Gasteiger partial charge in [-0.25, -0.2) is 13.9 Å². The number of halogens is 1. The van der Waals surface area contributed by atoms with E-state index in [9.17, 15) is 18.8 Å². The number of hydrogen-bond acceptors (Lipinski definition) is 11. The third kappa shape index (κ3) is 7.18. The van der Waals surface area contributed by atoms with Gasteiger partial charge in [0.15, 0.2) is 17.2 Å². The van der Waals surface area contributed by atoms with Crippen molar-refractivity contribution in [2.45, 2.75) is 50.2 Å². The van der Waals surface area contributed by atoms with E-state index in [1.165, 1.54) is 10.7 Å². The van der Waals surface area contributed by atoms with Gasteiger partial charge < -0.3 is 25.8 Å². The first kappa shape index (κ1) is 35.8. The predicted octanol–water partition coefficient (Wildman–Crippen LogP) is 4.46. The molecule has 3 atom stereocenters. The third-order valence-electron chi connectivity index (χ3n) is 11.8. The first-order valence-electron chi connectivity index (χ1n) is 19.6. The molecule has 5 aromatic rings. The summed E-state index contributed by atoms with van der Waals surface area (Å²) >= 11 is 0. The Morgan fingerprint density at radius 3 is 2.50 bits per heavy atom. The molecule has 14 nitrogen and oxygen atoms in total. The number of aromatic nitrogens is 4. The van der Waals surface area contributed by atoms with Gasteiger partial charge in [-0.1, -0.05) is 18.2 Å². The molecule has 56 heavy (non-hydrogen) atoms. The summed E-state index contributed by atoms with van der Waals surface area (Å²) in [6, 6.07) is 16.0. The lowest BCUT2D eigenvalue weighted by Crippen LogP contribution is -2.49. The number of alkyl halides is 1. The summed E-state index contributed by atoms with van der Waals surface area (Å²) in [6.07, 6.45) is 7.58. The highest BCUT2D eigenvalue weighted by Crippen LogP contribution is 2.35. The van der Waals surface area contributed by atoms with Crippen LogP contribution in [0.3, 0.4) is 0 Å². The van der Waals surface area contributed by atoms with Gasteiger partial charge in [0.1, 0.15) is 6.17 Å². The monoisotopic (exact) mass is 759 g/mol. The highest BCUT2D eigenvalue weighted by molar-refractivity contribution is 6.04. The molecular formula is C41H46FN11O3. The molecule has 1 aliphatic carbocycles. The summed E-state index contributed by atoms with van der Waals surface area (Å²) in [6.45, 7) is 6.88. The van der Waals surface area contributed by atoms with Crippen LogP contribution >= 0.6 is 0 Å². The molecule has 2 aromatic carbocycles. The molecule has 3 amide bonds. The largest absolute Gasteiger partial charge is 0.385 e. The predicted molar refractivity (Wildman–Crippen MR) is 213 cm³/mol. The number of carbonyl (C=O) groups is 3. The van der Waals surface area contributed by atoms with Gasteiger partial charge in [-0.2, -0.15) is 0 Å². The van der Waals surface area contributed by atoms with Gasteiger partial charge in [0.25, 0.3) is 5.91 Å². The number of piperazine rings is 1. The highest BCUT2D eigenvalue weighted by atomic mass is 19.1. The van der Waals surface area contributed by atoms with Gasteiger partial charge in [-0.3, -0.25) is 29.6 Å². The maximum atomic E-state index is 13.5. The minimum atomic E-state index is -0.997. The third-order valence-corrected chi connectivity index (χ3v) is 11.8. The lowest BCUT2D eigenvalue weighted by atomic mass is 9.88. The van der Waals surface area contributed by atoms with Gasteiger partial charge in [0, 0.05) is 107 Å². The zero-order valence-electron chi connectivity index (χ0n) is 31.4. The molecule has 3 aromatic heterocycles. The van der Waals surface area contributed by atoms with E-state index in [0.29, 0.717) is 42.3 Å². The van der Waals surface area contributed by atoms with Crippen molar-refractivity contribution in [2.75, 3.05) is 73.3 Å². The van der Waals surface area contributed by atoms with Crippen molar-refractivity contribution in [3.63, 3.8) is 0 Å². The van der Waals surface area contributed by atoms with E-state index < -0.39 is 18.1 Å². The zero-order chi connectivity index (χ0) is 38.3. The van der Waals surface area contributed by atoms with Crippen LogP contribution in [0, 0.1) is 5.92 Å². The number of nitrogens with one attached hydrogen (secondary N) is 4. The molecule has 290 valence electrons. The minimum Gasteiger partial charge on any atom is -0.385 e. The summed E-state index contributed by atoms with van der Waals surface area (Å²) in [7, 11) is 1.79. The van der Waals surface area contributed by atoms with Crippen LogP contribution in [0.4, 0.5) is 33.0 Å². The van der Waals surface area contributed by atoms with Crippen molar-refractivity contribution < 1.29 is 18.8 Å². The number of amides is 3. The van der Waals surface area contributed by atoms with E-state index in [1.807, 2.05) is 24.4 Å². The summed E-state index contributed by atoms with van der Waals surface area (Å²) in [5, 5.41) is 18.5. The summed E-state index contributed by atoms with van der Waals surface area (Å²) in [5.74, 6) is -0.0326. The van der Waals surface area contributed by atoms with E-state index in [1.54, 1.807) is 13.2 Å². The van der Waals surface area contributed by atoms with Crippen molar-refractivity contribution >= 4 is 62.7 Å². The number of anilines is 5. The van der Waals surface area contributed by atoms with E-state index in [4.69, 9.17) is 0 Å². The first-order valence-corrected chi connectivity index (χ1v) is 19.6. The van der Waals surface area contributed by atoms with E-state index in [2.05, 4.69) is 81.4 Å². The lowest BCUT2D eigenvalue weighted by Gasteiger charge is -2.40. The molecule has 1 unspecified atom stereocenters. The maximum absolute atomic E-state index is 13.5. The molecule has 0 radical (unpaired) electrons. The second-order valence-electron chi connectivity index (χ2n) is 15.4. The molecule has 4 N–H and O–H groups in total. The van der Waals surface area contributed by atoms with Gasteiger partial charge >= 0.3 is 0 Å². The highest BCUT2D eigenvalue weighted by Gasteiger charge is 2.39. The van der Waals surface area contributed by atoms with Gasteiger partial charge in [-0.15, -0.1) is 5.10 Å². The number of carbonyl (C=O) groups excluding carboxylic acids is 3. The average molecular weight is 760 g/mol. The Kier molecular flexibility index (Phi) is 9.61. The van der Waals surface area contributed by atoms with Crippen LogP contribution in [0.1, 0.15) is 54.1 Å². The number of fused-ring (bicyclic) bond motifs is 2. The molecular weight excluding hydrogens is 714 g/mol. The van der Waals surface area contributed by atoms with Crippen LogP contribution in [-0.2, 0) is 9.59 Å². The quantitative estimate of drug-likeness (QED) is 0.150. The fourth-order valence-corrected chi connectivity index (χ4v) is 8.51. The molecule has 0 spiro atoms. The minimum absolute atomic E-state index is 0.209. The molecule has 4 aliphatic rings. The number of piperidine rings is 2. The molecule has 3 aliphatic heterocycles. The zero-order valence-corrected chi connectivity index (χ0v) is 31.4. The Morgan fingerprint density at radius 1 is 0.929 bits per heavy atom. The molecule has 6 heterocycles. The molecule has 9 rings (SSSR count). The lowest BCUT2D eigenvalue weighted by molar-refractivity contribution is -0.134. The number of imide groups is 1. The van der Waals surface area contributed by atoms with Gasteiger partial charge in [-0.05, 0) is 60.4 Å². The number of pyridine rings is 1. The molecule has 3 saturated heterocycles. The van der Waals surface area contributed by atoms with Crippen molar-refractivity contribution in [1.82, 2.24) is 35.1 Å². The topological polar surface area (TPSA) is 152 Å². The van der Waals surface area contributed by atoms with Gasteiger partial charge in [0.2, 0.25) is 11.8 Å². The Labute approximate surface area is 323 Å². The van der Waals surface area contributed by atoms with Crippen LogP contribution < -0.4 is 31.1 Å². The van der Waals surface area contributed by atoms with Crippen LogP contribution in [0.25, 0.3) is 16.4 Å². The molecule has 1 saturated carbocycles. The summed E-state index contributed by atoms with van der Waals surface area (Å²) in [4.78, 5) is 53.7. The standard InChI is InChI=1S/C41H46FN11O3/c1-43-34-20-37(49-53-36(23-45-39(34)53)41(56)47-33-19-32(33)42)46-26-4-2-5-27(18-26)51-12-10-25(11-13-51)24-50-14-16-52(17-15-50)35-7-3-6-28-30(21-44-22-31(28)35)29-8-9-38(54)48-40(29)55/h2-7,18,20-23,25,29,32-33,43H,8-17,19,24H2,1H3,(H,46,49)(H,47,56)(H,48,54,55)/t29?,32-,33+/m0/s1. The van der Waals surface area contributed by atoms with Crippen molar-refractivity contribution in [2.24, 2.45) is 5.92 Å². The smallest absolute Gasteiger partial charge is 0.271 e. The van der Waals surface area contributed by atoms with Gasteiger partial charge in [0.05, 0.1) is 23.8 Å². The van der Waals surface area contributed by atoms with E-state index in [0.717, 1.165) is 92.1 Å². The summed E-state index contributed by atoms with van der Waals surface area (Å²) < 4.78 is 15.0. The number of rotatable bonds is 10. The van der Waals surface area contributed by atoms with E-state index >= 15 is 0 Å². The van der Waals surface area contributed by atoms with Crippen molar-refractivity contribution in [3.05, 3.63) is 78.4 Å². The first-order chi connectivity index (χ1) is 27.3. The molecule has 0 bridgehead atoms. The number of benzene rings is 2. The van der Waals surface area contributed by atoms with Crippen molar-refractivity contribution in [3.8, 4) is 0 Å². The fraction of sp³-hybridized carbons (Fsp3) is 0.415. The van der Waals surface area contributed by atoms with Crippen LogP contribution in [-0.4, -0.2) is 107 Å². The number of hydrogen-bond donors (Lipinski definition) is 4. The van der Waals surface area contributed by atoms with E-state index in [-0.39, 0.29) is 23.4 Å². The average Bonchev–Trinajstić information content (AvgIpc) is 3.73. The Morgan fingerprint density at radius 2 is 1.73 bits per heavy atom. The second kappa shape index (κ2) is 15.0. The maximum Gasteiger partial charge on any atom is 0.271 e. The van der Waals surface area contributed by atoms with Crippen LogP contribution in [0.2, 0.25) is 0 Å². The van der Waals surface area contributed by atoms with Crippen LogP contribution in [0.15, 0.2) is 67.1 Å². The molecule has 4 fully saturated rings. The Bertz CT molecular complexity index is 2300. The fourth-order valence-electron chi connectivity index (χ4n) is 8.51. The second-order valence-corrected chi connectivity index (χ2v) is 15.4. The number of imidazole rings is 1. The van der Waals surface area contributed by atoms with Crippen LogP contribution in [0.5, 0.6) is 0 Å². The SMILES string of the molecule is CNc1cc(Nc2cccc(N3CCC(CN4CCN(c5cccc6c(C7CCC(=O)NC7=O)cncc56)CC4)CC3)c2)nn2c(C(=O)N[C@@H]3C[C@@H]3F)cnc12.